The summed E-state index contributed by atoms with van der Waals surface area (Å²) in [4.78, 5) is 14.1. The lowest BCUT2D eigenvalue weighted by molar-refractivity contribution is -0.192. The van der Waals surface area contributed by atoms with Crippen LogP contribution in [0.1, 0.15) is 0 Å². The highest BCUT2D eigenvalue weighted by Gasteiger charge is 2.38. The largest absolute Gasteiger partial charge is 0.490 e. The highest BCUT2D eigenvalue weighted by Crippen LogP contribution is 2.42. The maximum atomic E-state index is 13.3. The van der Waals surface area contributed by atoms with Crippen molar-refractivity contribution < 1.29 is 39.9 Å². The van der Waals surface area contributed by atoms with Gasteiger partial charge in [-0.3, -0.25) is 0 Å². The van der Waals surface area contributed by atoms with Gasteiger partial charge in [-0.25, -0.2) is 41.2 Å². The molecule has 42 heavy (non-hydrogen) atoms. The van der Waals surface area contributed by atoms with Gasteiger partial charge in [-0.2, -0.15) is 13.2 Å². The van der Waals surface area contributed by atoms with Gasteiger partial charge in [-0.05, 0) is 35.2 Å². The number of carbonyl (C=O) groups is 1. The zero-order valence-electron chi connectivity index (χ0n) is 21.6. The first-order valence-electron chi connectivity index (χ1n) is 11.5. The number of nitrogens with zero attached hydrogens (tertiary/aromatic N) is 6. The highest BCUT2D eigenvalue weighted by molar-refractivity contribution is 7.92. The number of hydrogen-bond acceptors (Lipinski definition) is 12. The maximum Gasteiger partial charge on any atom is 0.490 e. The van der Waals surface area contributed by atoms with Gasteiger partial charge in [0.2, 0.25) is 20.0 Å². The molecule has 0 unspecified atom stereocenters. The number of aryl methyl sites for hydroxylation is 1. The van der Waals surface area contributed by atoms with Gasteiger partial charge in [0.05, 0.1) is 15.8 Å². The predicted octanol–water partition coefficient (Wildman–Crippen LogP) is 0.609. The molecule has 0 amide bonds. The Morgan fingerprint density at radius 3 is 2.29 bits per heavy atom. The molecule has 5 rings (SSSR count). The van der Waals surface area contributed by atoms with E-state index in [-0.39, 0.29) is 17.4 Å². The molecule has 15 nitrogen and oxygen atoms in total. The number of anilines is 1. The molecule has 6 N–H and O–H groups in total. The van der Waals surface area contributed by atoms with Gasteiger partial charge < -0.3 is 15.7 Å². The van der Waals surface area contributed by atoms with E-state index >= 15 is 0 Å². The van der Waals surface area contributed by atoms with Crippen molar-refractivity contribution in [3.63, 3.8) is 0 Å². The van der Waals surface area contributed by atoms with E-state index in [1.807, 2.05) is 18.0 Å². The maximum absolute atomic E-state index is 13.3. The van der Waals surface area contributed by atoms with E-state index in [0.717, 1.165) is 4.70 Å². The molecule has 21 heteroatoms. The van der Waals surface area contributed by atoms with Crippen LogP contribution in [0.25, 0.3) is 32.7 Å². The number of aromatic nitrogens is 5. The van der Waals surface area contributed by atoms with E-state index in [2.05, 4.69) is 25.2 Å². The van der Waals surface area contributed by atoms with Crippen molar-refractivity contribution in [2.24, 2.45) is 12.2 Å². The van der Waals surface area contributed by atoms with Crippen LogP contribution in [0.2, 0.25) is 0 Å². The Labute approximate surface area is 240 Å². The van der Waals surface area contributed by atoms with Crippen LogP contribution in [0, 0.1) is 0 Å². The first-order chi connectivity index (χ1) is 19.4. The van der Waals surface area contributed by atoms with E-state index in [9.17, 15) is 30.0 Å². The SMILES string of the molecule is CN1CC(NS(=O)(=O)c2ccc(-c3cccc4sc(N)nc34)c(-c3nnnn3C)c2S(N)(=O)=O)C1.O=C(O)C(F)(F)F. The number of halogens is 3. The second kappa shape index (κ2) is 11.1. The molecule has 2 aromatic heterocycles. The minimum atomic E-state index is -5.08. The first kappa shape index (κ1) is 31.2. The summed E-state index contributed by atoms with van der Waals surface area (Å²) in [7, 11) is -5.49. The zero-order valence-corrected chi connectivity index (χ0v) is 24.0. The number of hydrogen-bond donors (Lipinski definition) is 4. The van der Waals surface area contributed by atoms with Crippen LogP contribution >= 0.6 is 11.3 Å². The number of alkyl halides is 3. The minimum Gasteiger partial charge on any atom is -0.475 e. The predicted molar refractivity (Wildman–Crippen MR) is 144 cm³/mol. The van der Waals surface area contributed by atoms with Gasteiger partial charge in [0, 0.05) is 31.7 Å². The number of nitrogen functional groups attached to an aromatic ring is 1. The number of primary sulfonamides is 1. The van der Waals surface area contributed by atoms with E-state index in [4.69, 9.17) is 20.8 Å². The summed E-state index contributed by atoms with van der Waals surface area (Å²) < 4.78 is 88.9. The number of nitrogens with one attached hydrogen (secondary N) is 1. The van der Waals surface area contributed by atoms with Crippen molar-refractivity contribution in [3.8, 4) is 22.5 Å². The summed E-state index contributed by atoms with van der Waals surface area (Å²) in [5, 5.41) is 24.5. The van der Waals surface area contributed by atoms with Crippen molar-refractivity contribution in [2.45, 2.75) is 22.0 Å². The fourth-order valence-electron chi connectivity index (χ4n) is 4.18. The monoisotopic (exact) mass is 649 g/mol. The lowest BCUT2D eigenvalue weighted by atomic mass is 9.98. The Morgan fingerprint density at radius 2 is 1.76 bits per heavy atom. The molecule has 1 aliphatic rings. The van der Waals surface area contributed by atoms with Crippen LogP contribution < -0.4 is 15.6 Å². The Morgan fingerprint density at radius 1 is 1.12 bits per heavy atom. The fourth-order valence-corrected chi connectivity index (χ4v) is 7.77. The Bertz CT molecular complexity index is 1890. The third-order valence-corrected chi connectivity index (χ3v) is 9.43. The topological polar surface area (TPSA) is 229 Å². The molecule has 0 bridgehead atoms. The number of carboxylic acids is 1. The number of tetrazole rings is 1. The number of sulfonamides is 2. The molecule has 0 saturated carbocycles. The minimum absolute atomic E-state index is 0.0182. The average Bonchev–Trinajstić information content (AvgIpc) is 3.45. The molecule has 0 atom stereocenters. The van der Waals surface area contributed by atoms with Gasteiger partial charge in [-0.1, -0.05) is 29.5 Å². The average molecular weight is 650 g/mol. The van der Waals surface area contributed by atoms with Gasteiger partial charge in [-0.15, -0.1) is 5.10 Å². The van der Waals surface area contributed by atoms with Gasteiger partial charge in [0.15, 0.2) is 11.0 Å². The Balaban J connectivity index is 0.000000517. The van der Waals surface area contributed by atoms with E-state index in [1.54, 1.807) is 12.1 Å². The number of rotatable bonds is 6. The number of benzene rings is 2. The smallest absolute Gasteiger partial charge is 0.475 e. The third kappa shape index (κ3) is 6.34. The Kier molecular flexibility index (Phi) is 8.28. The lowest BCUT2D eigenvalue weighted by Gasteiger charge is -2.36. The van der Waals surface area contributed by atoms with Crippen molar-refractivity contribution in [1.29, 1.82) is 0 Å². The van der Waals surface area contributed by atoms with Gasteiger partial charge >= 0.3 is 12.1 Å². The van der Waals surface area contributed by atoms with E-state index in [0.29, 0.717) is 34.9 Å². The number of aliphatic carboxylic acids is 1. The van der Waals surface area contributed by atoms with Crippen LogP contribution in [-0.2, 0) is 31.9 Å². The zero-order chi connectivity index (χ0) is 31.2. The Hall–Kier alpha value is -3.76. The van der Waals surface area contributed by atoms with Gasteiger partial charge in [0.25, 0.3) is 0 Å². The second-order valence-corrected chi connectivity index (χ2v) is 13.3. The molecule has 0 spiro atoms. The number of para-hydroxylation sites is 1. The summed E-state index contributed by atoms with van der Waals surface area (Å²) in [6.07, 6.45) is -5.08. The van der Waals surface area contributed by atoms with Crippen molar-refractivity contribution in [2.75, 3.05) is 25.9 Å². The summed E-state index contributed by atoms with van der Waals surface area (Å²) in [5.74, 6) is -2.74. The fraction of sp³-hybridized carbons (Fsp3) is 0.286. The number of thiazole rings is 1. The van der Waals surface area contributed by atoms with E-state index in [1.165, 1.54) is 35.2 Å². The molecule has 226 valence electrons. The second-order valence-electron chi connectivity index (χ2n) is 9.03. The molecule has 1 aliphatic heterocycles. The van der Waals surface area contributed by atoms with Crippen LogP contribution in [0.3, 0.4) is 0 Å². The number of nitrogens with two attached hydrogens (primary N) is 2. The van der Waals surface area contributed by atoms with Crippen molar-refractivity contribution in [3.05, 3.63) is 30.3 Å². The number of likely N-dealkylation sites (tertiary alicyclic amines) is 1. The quantitative estimate of drug-likeness (QED) is 0.225. The van der Waals surface area contributed by atoms with Crippen LogP contribution in [0.4, 0.5) is 18.3 Å². The summed E-state index contributed by atoms with van der Waals surface area (Å²) in [5.41, 5.74) is 7.25. The lowest BCUT2D eigenvalue weighted by Crippen LogP contribution is -2.57. The molecule has 3 heterocycles. The van der Waals surface area contributed by atoms with Crippen LogP contribution in [0.15, 0.2) is 40.1 Å². The number of carboxylic acid groups (broad SMARTS) is 1. The molecule has 1 fully saturated rings. The number of fused-ring (bicyclic) bond motifs is 1. The summed E-state index contributed by atoms with van der Waals surface area (Å²) in [6.45, 7) is 0.991. The number of likely N-dealkylation sites (N-methyl/N-ethyl adjacent to an activating group) is 1. The molecule has 0 radical (unpaired) electrons. The van der Waals surface area contributed by atoms with Crippen LogP contribution in [-0.4, -0.2) is 90.4 Å². The molecular weight excluding hydrogens is 627 g/mol. The first-order valence-corrected chi connectivity index (χ1v) is 15.3. The van der Waals surface area contributed by atoms with Crippen LogP contribution in [0.5, 0.6) is 0 Å². The molecule has 2 aromatic carbocycles. The summed E-state index contributed by atoms with van der Waals surface area (Å²) in [6, 6.07) is 7.70. The molecule has 4 aromatic rings. The van der Waals surface area contributed by atoms with E-state index < -0.39 is 42.0 Å². The third-order valence-electron chi connectivity index (χ3n) is 5.89. The molecule has 1 saturated heterocycles. The normalized spacial score (nSPS) is 14.8. The van der Waals surface area contributed by atoms with Gasteiger partial charge in [0.1, 0.15) is 9.79 Å². The molecule has 0 aliphatic carbocycles. The van der Waals surface area contributed by atoms with Crippen molar-refractivity contribution in [1.82, 2.24) is 34.8 Å². The highest BCUT2D eigenvalue weighted by atomic mass is 32.2. The van der Waals surface area contributed by atoms with Crippen molar-refractivity contribution >= 4 is 52.7 Å². The standard InChI is InChI=1S/C19H21N9O4S3.C2HF3O2/c1-27-8-10(9-27)24-35(31,32)14-7-6-11(12-4-3-5-13-16(12)22-19(20)33-13)15(17(14)34(21,29)30)18-23-25-26-28(18)2;3-2(4,5)1(6)7/h3-7,10,24H,8-9H2,1-2H3,(H2,20,22)(H2,21,29,30);(H,6,7). The summed E-state index contributed by atoms with van der Waals surface area (Å²) >= 11 is 1.27. The molecular formula is C21H22F3N9O6S3.